The Labute approximate surface area is 112 Å². The van der Waals surface area contributed by atoms with Crippen molar-refractivity contribution in [2.24, 2.45) is 5.92 Å². The van der Waals surface area contributed by atoms with Crippen molar-refractivity contribution in [3.63, 3.8) is 0 Å². The minimum Gasteiger partial charge on any atom is -0.391 e. The third-order valence-corrected chi connectivity index (χ3v) is 4.89. The van der Waals surface area contributed by atoms with Crippen molar-refractivity contribution < 1.29 is 5.11 Å². The van der Waals surface area contributed by atoms with Crippen LogP contribution >= 0.6 is 0 Å². The molecular formula is C15H30N2O. The van der Waals surface area contributed by atoms with Crippen LogP contribution in [0.5, 0.6) is 0 Å². The SMILES string of the molecule is CCCC1CCC(O)C(N2CCN(C)CC2C)C1. The van der Waals surface area contributed by atoms with E-state index in [1.807, 2.05) is 0 Å². The molecule has 18 heavy (non-hydrogen) atoms. The summed E-state index contributed by atoms with van der Waals surface area (Å²) in [6.45, 7) is 8.00. The molecule has 2 rings (SSSR count). The Morgan fingerprint density at radius 2 is 2.00 bits per heavy atom. The van der Waals surface area contributed by atoms with Gasteiger partial charge in [-0.15, -0.1) is 0 Å². The van der Waals surface area contributed by atoms with Crippen LogP contribution in [0.25, 0.3) is 0 Å². The molecule has 1 N–H and O–H groups in total. The van der Waals surface area contributed by atoms with Crippen LogP contribution in [0.4, 0.5) is 0 Å². The molecule has 3 heteroatoms. The van der Waals surface area contributed by atoms with Gasteiger partial charge in [0.2, 0.25) is 0 Å². The summed E-state index contributed by atoms with van der Waals surface area (Å²) in [5.74, 6) is 0.843. The number of hydrogen-bond donors (Lipinski definition) is 1. The smallest absolute Gasteiger partial charge is 0.0695 e. The molecule has 1 saturated carbocycles. The van der Waals surface area contributed by atoms with Gasteiger partial charge in [0.1, 0.15) is 0 Å². The van der Waals surface area contributed by atoms with Crippen LogP contribution in [0, 0.1) is 5.92 Å². The van der Waals surface area contributed by atoms with Gasteiger partial charge in [0.25, 0.3) is 0 Å². The van der Waals surface area contributed by atoms with Gasteiger partial charge < -0.3 is 10.0 Å². The first kappa shape index (κ1) is 14.3. The van der Waals surface area contributed by atoms with Crippen molar-refractivity contribution in [2.75, 3.05) is 26.7 Å². The van der Waals surface area contributed by atoms with Gasteiger partial charge >= 0.3 is 0 Å². The molecule has 4 atom stereocenters. The standard InChI is InChI=1S/C15H30N2O/c1-4-5-13-6-7-15(18)14(10-13)17-9-8-16(3)11-12(17)2/h12-15,18H,4-11H2,1-3H3. The summed E-state index contributed by atoms with van der Waals surface area (Å²) in [6, 6.07) is 1.00. The quantitative estimate of drug-likeness (QED) is 0.834. The lowest BCUT2D eigenvalue weighted by molar-refractivity contribution is -0.0372. The van der Waals surface area contributed by atoms with Crippen molar-refractivity contribution in [3.8, 4) is 0 Å². The van der Waals surface area contributed by atoms with Crippen molar-refractivity contribution in [2.45, 2.75) is 64.1 Å². The van der Waals surface area contributed by atoms with E-state index in [4.69, 9.17) is 0 Å². The summed E-state index contributed by atoms with van der Waals surface area (Å²) < 4.78 is 0. The van der Waals surface area contributed by atoms with Crippen LogP contribution in [0.15, 0.2) is 0 Å². The lowest BCUT2D eigenvalue weighted by Crippen LogP contribution is -2.58. The van der Waals surface area contributed by atoms with Crippen LogP contribution in [-0.4, -0.2) is 59.8 Å². The molecule has 0 spiro atoms. The predicted octanol–water partition coefficient (Wildman–Crippen LogP) is 1.95. The molecular weight excluding hydrogens is 224 g/mol. The Balaban J connectivity index is 1.96. The Kier molecular flexibility index (Phi) is 5.05. The molecule has 1 heterocycles. The van der Waals surface area contributed by atoms with Crippen LogP contribution in [0.2, 0.25) is 0 Å². The number of aliphatic hydroxyl groups excluding tert-OH is 1. The summed E-state index contributed by atoms with van der Waals surface area (Å²) in [7, 11) is 2.20. The van der Waals surface area contributed by atoms with Gasteiger partial charge in [-0.3, -0.25) is 4.90 Å². The van der Waals surface area contributed by atoms with Gasteiger partial charge in [-0.25, -0.2) is 0 Å². The molecule has 1 aliphatic heterocycles. The molecule has 2 aliphatic rings. The van der Waals surface area contributed by atoms with Gasteiger partial charge in [0.05, 0.1) is 6.10 Å². The highest BCUT2D eigenvalue weighted by Crippen LogP contribution is 2.32. The van der Waals surface area contributed by atoms with Crippen LogP contribution in [-0.2, 0) is 0 Å². The van der Waals surface area contributed by atoms with Crippen LogP contribution in [0.1, 0.15) is 46.0 Å². The fourth-order valence-corrected chi connectivity index (χ4v) is 3.89. The van der Waals surface area contributed by atoms with E-state index in [2.05, 4.69) is 30.7 Å². The van der Waals surface area contributed by atoms with Gasteiger partial charge in [-0.2, -0.15) is 0 Å². The highest BCUT2D eigenvalue weighted by molar-refractivity contribution is 4.91. The normalized spacial score (nSPS) is 40.0. The van der Waals surface area contributed by atoms with E-state index in [1.165, 1.54) is 25.7 Å². The number of rotatable bonds is 3. The van der Waals surface area contributed by atoms with E-state index in [0.717, 1.165) is 32.0 Å². The third kappa shape index (κ3) is 3.25. The zero-order chi connectivity index (χ0) is 13.1. The maximum atomic E-state index is 10.3. The maximum Gasteiger partial charge on any atom is 0.0695 e. The Hall–Kier alpha value is -0.120. The second-order valence-corrected chi connectivity index (χ2v) is 6.45. The van der Waals surface area contributed by atoms with E-state index < -0.39 is 0 Å². The second kappa shape index (κ2) is 6.36. The second-order valence-electron chi connectivity index (χ2n) is 6.45. The average Bonchev–Trinajstić information content (AvgIpc) is 2.33. The number of likely N-dealkylation sites (N-methyl/N-ethyl adjacent to an activating group) is 1. The zero-order valence-electron chi connectivity index (χ0n) is 12.3. The molecule has 0 aromatic rings. The lowest BCUT2D eigenvalue weighted by Gasteiger charge is -2.47. The van der Waals surface area contributed by atoms with Gasteiger partial charge in [0.15, 0.2) is 0 Å². The van der Waals surface area contributed by atoms with E-state index >= 15 is 0 Å². The van der Waals surface area contributed by atoms with Crippen molar-refractivity contribution in [3.05, 3.63) is 0 Å². The molecule has 0 aromatic heterocycles. The maximum absolute atomic E-state index is 10.3. The molecule has 0 amide bonds. The summed E-state index contributed by atoms with van der Waals surface area (Å²) in [5, 5.41) is 10.3. The highest BCUT2D eigenvalue weighted by Gasteiger charge is 2.36. The number of nitrogens with zero attached hydrogens (tertiary/aromatic N) is 2. The van der Waals surface area contributed by atoms with Gasteiger partial charge in [-0.05, 0) is 39.2 Å². The minimum atomic E-state index is -0.0936. The minimum absolute atomic E-state index is 0.0936. The molecule has 0 bridgehead atoms. The Morgan fingerprint density at radius 3 is 2.67 bits per heavy atom. The fraction of sp³-hybridized carbons (Fsp3) is 1.00. The summed E-state index contributed by atoms with van der Waals surface area (Å²) in [4.78, 5) is 4.98. The highest BCUT2D eigenvalue weighted by atomic mass is 16.3. The largest absolute Gasteiger partial charge is 0.391 e. The van der Waals surface area contributed by atoms with Crippen molar-refractivity contribution in [1.82, 2.24) is 9.80 Å². The average molecular weight is 254 g/mol. The third-order valence-electron chi connectivity index (χ3n) is 4.89. The van der Waals surface area contributed by atoms with Crippen LogP contribution < -0.4 is 0 Å². The Bertz CT molecular complexity index is 259. The van der Waals surface area contributed by atoms with Crippen molar-refractivity contribution in [1.29, 1.82) is 0 Å². The van der Waals surface area contributed by atoms with E-state index in [0.29, 0.717) is 12.1 Å². The summed E-state index contributed by atoms with van der Waals surface area (Å²) in [6.07, 6.45) is 5.98. The number of aliphatic hydroxyl groups is 1. The van der Waals surface area contributed by atoms with E-state index in [1.54, 1.807) is 0 Å². The Morgan fingerprint density at radius 1 is 1.22 bits per heavy atom. The molecule has 3 nitrogen and oxygen atoms in total. The number of hydrogen-bond acceptors (Lipinski definition) is 3. The fourth-order valence-electron chi connectivity index (χ4n) is 3.89. The molecule has 106 valence electrons. The van der Waals surface area contributed by atoms with Gasteiger partial charge in [-0.1, -0.05) is 19.8 Å². The van der Waals surface area contributed by atoms with E-state index in [-0.39, 0.29) is 6.10 Å². The van der Waals surface area contributed by atoms with Crippen molar-refractivity contribution >= 4 is 0 Å². The zero-order valence-corrected chi connectivity index (χ0v) is 12.3. The molecule has 4 unspecified atom stereocenters. The molecule has 1 aliphatic carbocycles. The first-order chi connectivity index (χ1) is 8.61. The van der Waals surface area contributed by atoms with E-state index in [9.17, 15) is 5.11 Å². The molecule has 0 aromatic carbocycles. The predicted molar refractivity (Wildman–Crippen MR) is 75.7 cm³/mol. The summed E-state index contributed by atoms with van der Waals surface area (Å²) >= 11 is 0. The van der Waals surface area contributed by atoms with Gasteiger partial charge in [0, 0.05) is 31.7 Å². The first-order valence-corrected chi connectivity index (χ1v) is 7.74. The monoisotopic (exact) mass is 254 g/mol. The van der Waals surface area contributed by atoms with Crippen LogP contribution in [0.3, 0.4) is 0 Å². The molecule has 0 radical (unpaired) electrons. The number of piperazine rings is 1. The summed E-state index contributed by atoms with van der Waals surface area (Å²) in [5.41, 5.74) is 0. The molecule has 1 saturated heterocycles. The topological polar surface area (TPSA) is 26.7 Å². The lowest BCUT2D eigenvalue weighted by atomic mass is 9.80. The molecule has 2 fully saturated rings. The first-order valence-electron chi connectivity index (χ1n) is 7.74.